The molecule has 0 fully saturated rings. The highest BCUT2D eigenvalue weighted by atomic mass is 32.2. The molecule has 1 aliphatic rings. The zero-order chi connectivity index (χ0) is 15.2. The molecule has 2 rings (SSSR count). The zero-order valence-corrected chi connectivity index (χ0v) is 12.8. The SMILES string of the molecule is CCOC(=O)/C(C#N)=C\C=C1\Sc2ccccc2N1CC. The van der Waals surface area contributed by atoms with Crippen molar-refractivity contribution in [3.05, 3.63) is 47.0 Å². The fourth-order valence-electron chi connectivity index (χ4n) is 2.02. The van der Waals surface area contributed by atoms with E-state index in [-0.39, 0.29) is 12.2 Å². The highest BCUT2D eigenvalue weighted by Gasteiger charge is 2.22. The number of para-hydroxylation sites is 1. The van der Waals surface area contributed by atoms with Gasteiger partial charge in [-0.2, -0.15) is 5.26 Å². The van der Waals surface area contributed by atoms with Crippen LogP contribution in [0.5, 0.6) is 0 Å². The first kappa shape index (κ1) is 15.2. The second-order valence-corrected chi connectivity index (χ2v) is 5.29. The second-order valence-electron chi connectivity index (χ2n) is 4.23. The molecule has 0 aliphatic carbocycles. The normalized spacial score (nSPS) is 15.8. The molecule has 0 spiro atoms. The molecule has 0 unspecified atom stereocenters. The molecular formula is C16H16N2O2S. The lowest BCUT2D eigenvalue weighted by atomic mass is 10.2. The maximum Gasteiger partial charge on any atom is 0.348 e. The molecule has 4 nitrogen and oxygen atoms in total. The van der Waals surface area contributed by atoms with Crippen molar-refractivity contribution in [2.24, 2.45) is 0 Å². The van der Waals surface area contributed by atoms with E-state index in [1.54, 1.807) is 24.8 Å². The fourth-order valence-corrected chi connectivity index (χ4v) is 3.15. The molecule has 0 amide bonds. The molecule has 5 heteroatoms. The lowest BCUT2D eigenvalue weighted by Gasteiger charge is -2.17. The summed E-state index contributed by atoms with van der Waals surface area (Å²) < 4.78 is 4.85. The molecular weight excluding hydrogens is 284 g/mol. The Balaban J connectivity index is 2.26. The number of benzene rings is 1. The highest BCUT2D eigenvalue weighted by molar-refractivity contribution is 8.03. The summed E-state index contributed by atoms with van der Waals surface area (Å²) in [6.07, 6.45) is 3.32. The number of nitriles is 1. The van der Waals surface area contributed by atoms with Gasteiger partial charge in [-0.15, -0.1) is 0 Å². The molecule has 0 radical (unpaired) electrons. The van der Waals surface area contributed by atoms with Crippen LogP contribution in [0.4, 0.5) is 5.69 Å². The van der Waals surface area contributed by atoms with E-state index >= 15 is 0 Å². The van der Waals surface area contributed by atoms with Crippen molar-refractivity contribution in [1.29, 1.82) is 5.26 Å². The van der Waals surface area contributed by atoms with E-state index in [2.05, 4.69) is 24.0 Å². The van der Waals surface area contributed by atoms with Crippen LogP contribution in [0.15, 0.2) is 51.9 Å². The predicted octanol–water partition coefficient (Wildman–Crippen LogP) is 3.47. The van der Waals surface area contributed by atoms with Gasteiger partial charge in [0.25, 0.3) is 0 Å². The van der Waals surface area contributed by atoms with Crippen LogP contribution in [0.1, 0.15) is 13.8 Å². The van der Waals surface area contributed by atoms with Crippen LogP contribution in [-0.2, 0) is 9.53 Å². The van der Waals surface area contributed by atoms with Crippen LogP contribution >= 0.6 is 11.8 Å². The summed E-state index contributed by atoms with van der Waals surface area (Å²) in [5, 5.41) is 10.0. The van der Waals surface area contributed by atoms with Gasteiger partial charge in [0.15, 0.2) is 0 Å². The van der Waals surface area contributed by atoms with Crippen molar-refractivity contribution >= 4 is 23.4 Å². The van der Waals surface area contributed by atoms with Crippen molar-refractivity contribution in [1.82, 2.24) is 0 Å². The molecule has 0 N–H and O–H groups in total. The molecule has 0 bridgehead atoms. The van der Waals surface area contributed by atoms with Crippen molar-refractivity contribution in [2.75, 3.05) is 18.1 Å². The average molecular weight is 300 g/mol. The van der Waals surface area contributed by atoms with E-state index in [1.807, 2.05) is 18.2 Å². The van der Waals surface area contributed by atoms with E-state index in [0.29, 0.717) is 0 Å². The number of hydrogen-bond donors (Lipinski definition) is 0. The highest BCUT2D eigenvalue weighted by Crippen LogP contribution is 2.45. The van der Waals surface area contributed by atoms with Gasteiger partial charge in [0, 0.05) is 11.4 Å². The maximum atomic E-state index is 11.6. The molecule has 0 atom stereocenters. The first-order chi connectivity index (χ1) is 10.2. The summed E-state index contributed by atoms with van der Waals surface area (Å²) in [5.74, 6) is -0.583. The summed E-state index contributed by atoms with van der Waals surface area (Å²) in [7, 11) is 0. The van der Waals surface area contributed by atoms with E-state index < -0.39 is 5.97 Å². The van der Waals surface area contributed by atoms with Crippen LogP contribution < -0.4 is 4.90 Å². The molecule has 1 heterocycles. The number of fused-ring (bicyclic) bond motifs is 1. The number of ether oxygens (including phenoxy) is 1. The number of hydrogen-bond acceptors (Lipinski definition) is 5. The summed E-state index contributed by atoms with van der Waals surface area (Å²) in [6.45, 7) is 4.87. The van der Waals surface area contributed by atoms with Gasteiger partial charge in [-0.05, 0) is 38.1 Å². The quantitative estimate of drug-likeness (QED) is 0.484. The number of thioether (sulfide) groups is 1. The van der Waals surface area contributed by atoms with Crippen LogP contribution in [0.2, 0.25) is 0 Å². The van der Waals surface area contributed by atoms with E-state index in [0.717, 1.165) is 17.3 Å². The number of nitrogens with zero attached hydrogens (tertiary/aromatic N) is 2. The van der Waals surface area contributed by atoms with E-state index in [1.165, 1.54) is 11.0 Å². The third kappa shape index (κ3) is 3.29. The maximum absolute atomic E-state index is 11.6. The van der Waals surface area contributed by atoms with Gasteiger partial charge in [0.1, 0.15) is 11.6 Å². The number of allylic oxidation sites excluding steroid dienone is 2. The van der Waals surface area contributed by atoms with Gasteiger partial charge in [-0.1, -0.05) is 23.9 Å². The lowest BCUT2D eigenvalue weighted by Crippen LogP contribution is -2.16. The minimum absolute atomic E-state index is 0.0111. The van der Waals surface area contributed by atoms with Gasteiger partial charge in [0.05, 0.1) is 17.3 Å². The van der Waals surface area contributed by atoms with Crippen molar-refractivity contribution in [3.8, 4) is 6.07 Å². The first-order valence-electron chi connectivity index (χ1n) is 6.74. The molecule has 1 aliphatic heterocycles. The zero-order valence-electron chi connectivity index (χ0n) is 12.0. The van der Waals surface area contributed by atoms with Crippen molar-refractivity contribution < 1.29 is 9.53 Å². The number of rotatable bonds is 4. The third-order valence-electron chi connectivity index (χ3n) is 2.96. The number of carbonyl (C=O) groups excluding carboxylic acids is 1. The number of esters is 1. The average Bonchev–Trinajstić information content (AvgIpc) is 2.85. The summed E-state index contributed by atoms with van der Waals surface area (Å²) in [6, 6.07) is 10.00. The van der Waals surface area contributed by atoms with Crippen molar-refractivity contribution in [2.45, 2.75) is 18.7 Å². The van der Waals surface area contributed by atoms with Gasteiger partial charge >= 0.3 is 5.97 Å². The second kappa shape index (κ2) is 7.00. The summed E-state index contributed by atoms with van der Waals surface area (Å²) in [5.41, 5.74) is 1.16. The Morgan fingerprint density at radius 3 is 2.86 bits per heavy atom. The van der Waals surface area contributed by atoms with Gasteiger partial charge in [-0.25, -0.2) is 4.79 Å². The monoisotopic (exact) mass is 300 g/mol. The minimum atomic E-state index is -0.583. The Morgan fingerprint density at radius 2 is 2.19 bits per heavy atom. The standard InChI is InChI=1S/C16H16N2O2S/c1-3-18-13-7-5-6-8-14(13)21-15(18)10-9-12(11-17)16(19)20-4-2/h5-10H,3-4H2,1-2H3/b12-9-,15-10+. The first-order valence-corrected chi connectivity index (χ1v) is 7.56. The smallest absolute Gasteiger partial charge is 0.348 e. The Morgan fingerprint density at radius 1 is 1.43 bits per heavy atom. The van der Waals surface area contributed by atoms with Crippen LogP contribution in [-0.4, -0.2) is 19.1 Å². The lowest BCUT2D eigenvalue weighted by molar-refractivity contribution is -0.138. The minimum Gasteiger partial charge on any atom is -0.462 e. The van der Waals surface area contributed by atoms with Crippen LogP contribution in [0.3, 0.4) is 0 Å². The van der Waals surface area contributed by atoms with E-state index in [4.69, 9.17) is 10.00 Å². The fraction of sp³-hybridized carbons (Fsp3) is 0.250. The molecule has 0 saturated heterocycles. The van der Waals surface area contributed by atoms with Gasteiger partial charge < -0.3 is 9.64 Å². The Labute approximate surface area is 128 Å². The molecule has 1 aromatic carbocycles. The van der Waals surface area contributed by atoms with Crippen LogP contribution in [0.25, 0.3) is 0 Å². The Bertz CT molecular complexity index is 644. The molecule has 21 heavy (non-hydrogen) atoms. The topological polar surface area (TPSA) is 53.3 Å². The predicted molar refractivity (Wildman–Crippen MR) is 83.7 cm³/mol. The molecule has 108 valence electrons. The molecule has 0 saturated carbocycles. The summed E-state index contributed by atoms with van der Waals surface area (Å²) >= 11 is 1.63. The molecule has 0 aromatic heterocycles. The number of carbonyl (C=O) groups is 1. The van der Waals surface area contributed by atoms with Crippen molar-refractivity contribution in [3.63, 3.8) is 0 Å². The Kier molecular flexibility index (Phi) is 5.07. The van der Waals surface area contributed by atoms with Gasteiger partial charge in [0.2, 0.25) is 0 Å². The van der Waals surface area contributed by atoms with Gasteiger partial charge in [-0.3, -0.25) is 0 Å². The Hall–Kier alpha value is -2.19. The van der Waals surface area contributed by atoms with E-state index in [9.17, 15) is 4.79 Å². The molecule has 1 aromatic rings. The number of anilines is 1. The third-order valence-corrected chi connectivity index (χ3v) is 4.09. The summed E-state index contributed by atoms with van der Waals surface area (Å²) in [4.78, 5) is 14.9. The largest absolute Gasteiger partial charge is 0.462 e. The van der Waals surface area contributed by atoms with Crippen LogP contribution in [0, 0.1) is 11.3 Å².